The molecular weight excluding hydrogens is 390 g/mol. The zero-order chi connectivity index (χ0) is 22.7. The number of alkyl carbamates (subject to hydrolysis) is 1. The molecule has 1 fully saturated rings. The van der Waals surface area contributed by atoms with Crippen molar-refractivity contribution >= 4 is 23.9 Å². The van der Waals surface area contributed by atoms with Crippen LogP contribution in [-0.4, -0.2) is 65.7 Å². The van der Waals surface area contributed by atoms with Gasteiger partial charge >= 0.3 is 12.1 Å². The molecule has 1 aliphatic rings. The first-order valence-corrected chi connectivity index (χ1v) is 10.7. The maximum Gasteiger partial charge on any atom is 0.408 e. The van der Waals surface area contributed by atoms with Gasteiger partial charge in [-0.1, -0.05) is 19.3 Å². The summed E-state index contributed by atoms with van der Waals surface area (Å²) in [6.45, 7) is 5.52. The van der Waals surface area contributed by atoms with E-state index in [4.69, 9.17) is 9.84 Å². The SMILES string of the molecule is CN(CCCCC(=O)O)C(=O)CNC(=O)C(NC(=O)OC(C)(C)C)C1CCCCC1. The molecule has 0 saturated heterocycles. The molecule has 1 atom stereocenters. The minimum Gasteiger partial charge on any atom is -0.481 e. The number of likely N-dealkylation sites (N-methyl/N-ethyl adjacent to an activating group) is 1. The zero-order valence-electron chi connectivity index (χ0n) is 18.7. The number of hydrogen-bond donors (Lipinski definition) is 3. The molecule has 0 bridgehead atoms. The molecule has 0 spiro atoms. The van der Waals surface area contributed by atoms with Crippen LogP contribution in [0.1, 0.15) is 72.1 Å². The zero-order valence-corrected chi connectivity index (χ0v) is 18.7. The van der Waals surface area contributed by atoms with Gasteiger partial charge in [0, 0.05) is 20.0 Å². The number of ether oxygens (including phenoxy) is 1. The largest absolute Gasteiger partial charge is 0.481 e. The first kappa shape index (κ1) is 25.7. The van der Waals surface area contributed by atoms with Gasteiger partial charge in [0.05, 0.1) is 6.54 Å². The second kappa shape index (κ2) is 12.4. The minimum absolute atomic E-state index is 0.00937. The Morgan fingerprint density at radius 2 is 1.73 bits per heavy atom. The quantitative estimate of drug-likeness (QED) is 0.459. The number of rotatable bonds is 10. The van der Waals surface area contributed by atoms with Gasteiger partial charge in [-0.2, -0.15) is 0 Å². The summed E-state index contributed by atoms with van der Waals surface area (Å²) in [6.07, 6.45) is 5.29. The van der Waals surface area contributed by atoms with Crippen LogP contribution in [0.4, 0.5) is 4.79 Å². The average Bonchev–Trinajstić information content (AvgIpc) is 2.66. The summed E-state index contributed by atoms with van der Waals surface area (Å²) in [5.41, 5.74) is -0.670. The molecular formula is C21H37N3O6. The Kier molecular flexibility index (Phi) is 10.6. The second-order valence-electron chi connectivity index (χ2n) is 8.91. The Morgan fingerprint density at radius 3 is 2.30 bits per heavy atom. The maximum atomic E-state index is 12.8. The van der Waals surface area contributed by atoms with Crippen molar-refractivity contribution in [2.45, 2.75) is 83.8 Å². The Bertz CT molecular complexity index is 596. The molecule has 9 heteroatoms. The third kappa shape index (κ3) is 10.5. The fourth-order valence-electron chi connectivity index (χ4n) is 3.46. The van der Waals surface area contributed by atoms with Crippen LogP contribution in [0.25, 0.3) is 0 Å². The number of carboxylic acids is 1. The smallest absolute Gasteiger partial charge is 0.408 e. The number of aliphatic carboxylic acids is 1. The topological polar surface area (TPSA) is 125 Å². The van der Waals surface area contributed by atoms with Crippen LogP contribution in [0.15, 0.2) is 0 Å². The van der Waals surface area contributed by atoms with E-state index in [1.807, 2.05) is 0 Å². The Hall–Kier alpha value is -2.32. The molecule has 3 amide bonds. The van der Waals surface area contributed by atoms with Crippen molar-refractivity contribution in [2.75, 3.05) is 20.1 Å². The number of carbonyl (C=O) groups excluding carboxylic acids is 3. The van der Waals surface area contributed by atoms with Crippen LogP contribution in [-0.2, 0) is 19.1 Å². The number of carboxylic acid groups (broad SMARTS) is 1. The molecule has 1 saturated carbocycles. The van der Waals surface area contributed by atoms with E-state index in [1.54, 1.807) is 27.8 Å². The van der Waals surface area contributed by atoms with E-state index in [1.165, 1.54) is 4.90 Å². The van der Waals surface area contributed by atoms with Gasteiger partial charge in [-0.3, -0.25) is 14.4 Å². The van der Waals surface area contributed by atoms with Crippen LogP contribution in [0.2, 0.25) is 0 Å². The Labute approximate surface area is 178 Å². The van der Waals surface area contributed by atoms with Gasteiger partial charge in [0.1, 0.15) is 11.6 Å². The molecule has 0 radical (unpaired) electrons. The standard InChI is InChI=1S/C21H37N3O6/c1-21(2,3)30-20(29)23-18(15-10-6-5-7-11-15)19(28)22-14-16(25)24(4)13-9-8-12-17(26)27/h15,18H,5-14H2,1-4H3,(H,22,28)(H,23,29)(H,26,27). The van der Waals surface area contributed by atoms with Crippen molar-refractivity contribution in [3.8, 4) is 0 Å². The molecule has 0 heterocycles. The number of nitrogens with zero attached hydrogens (tertiary/aromatic N) is 1. The highest BCUT2D eigenvalue weighted by atomic mass is 16.6. The van der Waals surface area contributed by atoms with Crippen molar-refractivity contribution in [3.05, 3.63) is 0 Å². The van der Waals surface area contributed by atoms with Gasteiger partial charge < -0.3 is 25.4 Å². The predicted molar refractivity (Wildman–Crippen MR) is 112 cm³/mol. The molecule has 0 aromatic heterocycles. The summed E-state index contributed by atoms with van der Waals surface area (Å²) in [7, 11) is 1.62. The summed E-state index contributed by atoms with van der Waals surface area (Å²) in [6, 6.07) is -0.742. The lowest BCUT2D eigenvalue weighted by molar-refractivity contribution is -0.137. The third-order valence-electron chi connectivity index (χ3n) is 5.05. The molecule has 3 N–H and O–H groups in total. The van der Waals surface area contributed by atoms with Gasteiger partial charge in [-0.15, -0.1) is 0 Å². The highest BCUT2D eigenvalue weighted by molar-refractivity contribution is 5.89. The molecule has 172 valence electrons. The highest BCUT2D eigenvalue weighted by Crippen LogP contribution is 2.27. The fourth-order valence-corrected chi connectivity index (χ4v) is 3.46. The number of hydrogen-bond acceptors (Lipinski definition) is 5. The summed E-state index contributed by atoms with van der Waals surface area (Å²) in [5, 5.41) is 14.0. The summed E-state index contributed by atoms with van der Waals surface area (Å²) >= 11 is 0. The lowest BCUT2D eigenvalue weighted by atomic mass is 9.83. The second-order valence-corrected chi connectivity index (χ2v) is 8.91. The van der Waals surface area contributed by atoms with Gasteiger partial charge in [0.2, 0.25) is 11.8 Å². The third-order valence-corrected chi connectivity index (χ3v) is 5.05. The van der Waals surface area contributed by atoms with Gasteiger partial charge in [0.15, 0.2) is 0 Å². The highest BCUT2D eigenvalue weighted by Gasteiger charge is 2.32. The summed E-state index contributed by atoms with van der Waals surface area (Å²) < 4.78 is 5.30. The van der Waals surface area contributed by atoms with Gasteiger partial charge in [-0.05, 0) is 52.4 Å². The van der Waals surface area contributed by atoms with Crippen LogP contribution in [0.5, 0.6) is 0 Å². The van der Waals surface area contributed by atoms with E-state index in [9.17, 15) is 19.2 Å². The molecule has 0 aliphatic heterocycles. The summed E-state index contributed by atoms with van der Waals surface area (Å²) in [4.78, 5) is 49.3. The van der Waals surface area contributed by atoms with E-state index in [2.05, 4.69) is 10.6 Å². The predicted octanol–water partition coefficient (Wildman–Crippen LogP) is 2.29. The first-order valence-electron chi connectivity index (χ1n) is 10.7. The van der Waals surface area contributed by atoms with Crippen LogP contribution in [0, 0.1) is 5.92 Å². The molecule has 9 nitrogen and oxygen atoms in total. The van der Waals surface area contributed by atoms with Crippen molar-refractivity contribution in [3.63, 3.8) is 0 Å². The van der Waals surface area contributed by atoms with E-state index in [-0.39, 0.29) is 30.7 Å². The van der Waals surface area contributed by atoms with E-state index in [0.717, 1.165) is 32.1 Å². The van der Waals surface area contributed by atoms with E-state index in [0.29, 0.717) is 19.4 Å². The normalized spacial score (nSPS) is 15.7. The number of carbonyl (C=O) groups is 4. The minimum atomic E-state index is -0.859. The monoisotopic (exact) mass is 427 g/mol. The van der Waals surface area contributed by atoms with Crippen molar-refractivity contribution in [2.24, 2.45) is 5.92 Å². The Morgan fingerprint density at radius 1 is 1.10 bits per heavy atom. The fraction of sp³-hybridized carbons (Fsp3) is 0.810. The van der Waals surface area contributed by atoms with Gasteiger partial charge in [-0.25, -0.2) is 4.79 Å². The lowest BCUT2D eigenvalue weighted by Crippen LogP contribution is -2.53. The van der Waals surface area contributed by atoms with Crippen molar-refractivity contribution in [1.82, 2.24) is 15.5 Å². The van der Waals surface area contributed by atoms with E-state index < -0.39 is 23.7 Å². The maximum absolute atomic E-state index is 12.8. The Balaban J connectivity index is 2.58. The van der Waals surface area contributed by atoms with Crippen LogP contribution < -0.4 is 10.6 Å². The molecule has 1 aliphatic carbocycles. The molecule has 1 rings (SSSR count). The number of amides is 3. The summed E-state index contributed by atoms with van der Waals surface area (Å²) in [5.74, 6) is -1.50. The molecule has 1 unspecified atom stereocenters. The van der Waals surface area contributed by atoms with Crippen LogP contribution in [0.3, 0.4) is 0 Å². The average molecular weight is 428 g/mol. The first-order chi connectivity index (χ1) is 14.0. The van der Waals surface area contributed by atoms with Crippen molar-refractivity contribution in [1.29, 1.82) is 0 Å². The molecule has 30 heavy (non-hydrogen) atoms. The lowest BCUT2D eigenvalue weighted by Gasteiger charge is -2.31. The molecule has 0 aromatic carbocycles. The molecule has 0 aromatic rings. The number of unbranched alkanes of at least 4 members (excludes halogenated alkanes) is 1. The van der Waals surface area contributed by atoms with Gasteiger partial charge in [0.25, 0.3) is 0 Å². The number of nitrogens with one attached hydrogen (secondary N) is 2. The van der Waals surface area contributed by atoms with Crippen LogP contribution >= 0.6 is 0 Å². The van der Waals surface area contributed by atoms with Crippen molar-refractivity contribution < 1.29 is 29.0 Å². The van der Waals surface area contributed by atoms with E-state index >= 15 is 0 Å².